The zero-order valence-electron chi connectivity index (χ0n) is 14.1. The lowest BCUT2D eigenvalue weighted by atomic mass is 9.94. The van der Waals surface area contributed by atoms with Crippen molar-refractivity contribution >= 4 is 23.5 Å². The molecule has 0 radical (unpaired) electrons. The quantitative estimate of drug-likeness (QED) is 0.796. The van der Waals surface area contributed by atoms with E-state index in [0.29, 0.717) is 11.4 Å². The van der Waals surface area contributed by atoms with E-state index >= 15 is 0 Å². The standard InChI is InChI=1S/C19H21NO3S/c1-11-12(2)18-16(13(3)17(11)21)15(9-10-24-18)23-19(22)20-14-7-5-4-6-8-14/h4-8,15,21H,9-10H2,1-3H3,(H,20,22). The number of aromatic hydroxyl groups is 1. The minimum atomic E-state index is -0.471. The minimum absolute atomic E-state index is 0.297. The lowest BCUT2D eigenvalue weighted by Crippen LogP contribution is -2.21. The number of phenols is 1. The third kappa shape index (κ3) is 3.08. The largest absolute Gasteiger partial charge is 0.507 e. The number of anilines is 1. The summed E-state index contributed by atoms with van der Waals surface area (Å²) in [4.78, 5) is 13.4. The first kappa shape index (κ1) is 16.7. The van der Waals surface area contributed by atoms with Gasteiger partial charge in [-0.3, -0.25) is 5.32 Å². The number of benzene rings is 2. The summed E-state index contributed by atoms with van der Waals surface area (Å²) in [6.45, 7) is 5.82. The topological polar surface area (TPSA) is 58.6 Å². The Labute approximate surface area is 146 Å². The lowest BCUT2D eigenvalue weighted by molar-refractivity contribution is 0.106. The first-order valence-corrected chi connectivity index (χ1v) is 8.95. The van der Waals surface area contributed by atoms with Gasteiger partial charge >= 0.3 is 6.09 Å². The molecule has 3 rings (SSSR count). The van der Waals surface area contributed by atoms with Crippen molar-refractivity contribution in [3.05, 3.63) is 52.6 Å². The second kappa shape index (κ2) is 6.77. The number of thioether (sulfide) groups is 1. The summed E-state index contributed by atoms with van der Waals surface area (Å²) < 4.78 is 5.68. The molecular formula is C19H21NO3S. The molecular weight excluding hydrogens is 322 g/mol. The highest BCUT2D eigenvalue weighted by atomic mass is 32.2. The van der Waals surface area contributed by atoms with Crippen LogP contribution in [0.15, 0.2) is 35.2 Å². The number of phenolic OH excluding ortho intramolecular Hbond substituents is 1. The molecule has 0 spiro atoms. The van der Waals surface area contributed by atoms with Crippen LogP contribution in [0.25, 0.3) is 0 Å². The van der Waals surface area contributed by atoms with Crippen LogP contribution in [0.4, 0.5) is 10.5 Å². The average Bonchev–Trinajstić information content (AvgIpc) is 2.58. The maximum absolute atomic E-state index is 12.2. The predicted octanol–water partition coefficient (Wildman–Crippen LogP) is 5.10. The Bertz CT molecular complexity index is 774. The molecule has 1 aliphatic rings. The fourth-order valence-electron chi connectivity index (χ4n) is 3.03. The van der Waals surface area contributed by atoms with Crippen molar-refractivity contribution in [3.8, 4) is 5.75 Å². The van der Waals surface area contributed by atoms with E-state index < -0.39 is 6.09 Å². The molecule has 5 heteroatoms. The van der Waals surface area contributed by atoms with Gasteiger partial charge in [-0.1, -0.05) is 18.2 Å². The number of hydrogen-bond donors (Lipinski definition) is 2. The van der Waals surface area contributed by atoms with Crippen LogP contribution in [0, 0.1) is 20.8 Å². The number of fused-ring (bicyclic) bond motifs is 1. The zero-order valence-corrected chi connectivity index (χ0v) is 14.9. The van der Waals surface area contributed by atoms with Crippen LogP contribution in [-0.2, 0) is 4.74 Å². The van der Waals surface area contributed by atoms with Crippen LogP contribution in [0.3, 0.4) is 0 Å². The summed E-state index contributed by atoms with van der Waals surface area (Å²) in [5, 5.41) is 13.1. The number of nitrogens with one attached hydrogen (secondary N) is 1. The number of para-hydroxylation sites is 1. The summed E-state index contributed by atoms with van der Waals surface area (Å²) in [5.74, 6) is 1.19. The van der Waals surface area contributed by atoms with Crippen molar-refractivity contribution < 1.29 is 14.6 Å². The molecule has 0 fully saturated rings. The fraction of sp³-hybridized carbons (Fsp3) is 0.316. The molecule has 1 atom stereocenters. The molecule has 0 aromatic heterocycles. The van der Waals surface area contributed by atoms with Crippen molar-refractivity contribution in [1.29, 1.82) is 0 Å². The van der Waals surface area contributed by atoms with E-state index in [2.05, 4.69) is 5.32 Å². The molecule has 2 N–H and O–H groups in total. The van der Waals surface area contributed by atoms with Crippen molar-refractivity contribution in [2.75, 3.05) is 11.1 Å². The van der Waals surface area contributed by atoms with Gasteiger partial charge in [0, 0.05) is 21.9 Å². The van der Waals surface area contributed by atoms with Gasteiger partial charge in [0.1, 0.15) is 11.9 Å². The van der Waals surface area contributed by atoms with E-state index in [0.717, 1.165) is 39.3 Å². The summed E-state index contributed by atoms with van der Waals surface area (Å²) in [6.07, 6.45) is -0.0702. The predicted molar refractivity (Wildman–Crippen MR) is 96.9 cm³/mol. The molecule has 1 unspecified atom stereocenters. The smallest absolute Gasteiger partial charge is 0.412 e. The normalized spacial score (nSPS) is 16.4. The van der Waals surface area contributed by atoms with Crippen LogP contribution in [-0.4, -0.2) is 17.0 Å². The first-order valence-electron chi connectivity index (χ1n) is 7.97. The monoisotopic (exact) mass is 343 g/mol. The molecule has 1 heterocycles. The highest BCUT2D eigenvalue weighted by Crippen LogP contribution is 2.46. The van der Waals surface area contributed by atoms with Crippen LogP contribution in [0.1, 0.15) is 34.8 Å². The average molecular weight is 343 g/mol. The van der Waals surface area contributed by atoms with E-state index in [9.17, 15) is 9.90 Å². The third-order valence-corrected chi connectivity index (χ3v) is 5.73. The molecule has 126 valence electrons. The minimum Gasteiger partial charge on any atom is -0.507 e. The Morgan fingerprint density at radius 3 is 2.58 bits per heavy atom. The van der Waals surface area contributed by atoms with Crippen molar-refractivity contribution in [2.24, 2.45) is 0 Å². The van der Waals surface area contributed by atoms with Crippen LogP contribution in [0.2, 0.25) is 0 Å². The van der Waals surface area contributed by atoms with Gasteiger partial charge < -0.3 is 9.84 Å². The first-order chi connectivity index (χ1) is 11.5. The van der Waals surface area contributed by atoms with Gasteiger partial charge in [-0.15, -0.1) is 11.8 Å². The molecule has 0 aliphatic carbocycles. The van der Waals surface area contributed by atoms with Gasteiger partial charge in [-0.25, -0.2) is 4.79 Å². The lowest BCUT2D eigenvalue weighted by Gasteiger charge is -2.29. The summed E-state index contributed by atoms with van der Waals surface area (Å²) >= 11 is 1.76. The molecule has 1 amide bonds. The number of hydrogen-bond acceptors (Lipinski definition) is 4. The van der Waals surface area contributed by atoms with Crippen LogP contribution in [0.5, 0.6) is 5.75 Å². The molecule has 2 aromatic rings. The van der Waals surface area contributed by atoms with Gasteiger partial charge in [0.05, 0.1) is 0 Å². The second-order valence-corrected chi connectivity index (χ2v) is 7.09. The highest BCUT2D eigenvalue weighted by Gasteiger charge is 2.30. The molecule has 0 saturated heterocycles. The number of carbonyl (C=O) groups excluding carboxylic acids is 1. The van der Waals surface area contributed by atoms with Gasteiger partial charge in [0.2, 0.25) is 0 Å². The SMILES string of the molecule is Cc1c(C)c2c(c(C)c1O)C(OC(=O)Nc1ccccc1)CCS2. The van der Waals surface area contributed by atoms with E-state index in [1.165, 1.54) is 0 Å². The Morgan fingerprint density at radius 1 is 1.17 bits per heavy atom. The van der Waals surface area contributed by atoms with E-state index in [-0.39, 0.29) is 6.10 Å². The summed E-state index contributed by atoms with van der Waals surface area (Å²) in [6, 6.07) is 9.24. The fourth-order valence-corrected chi connectivity index (χ4v) is 4.38. The van der Waals surface area contributed by atoms with Crippen molar-refractivity contribution in [1.82, 2.24) is 0 Å². The molecule has 0 saturated carbocycles. The maximum atomic E-state index is 12.2. The molecule has 2 aromatic carbocycles. The Hall–Kier alpha value is -2.14. The van der Waals surface area contributed by atoms with Crippen LogP contribution < -0.4 is 5.32 Å². The summed E-state index contributed by atoms with van der Waals surface area (Å²) in [5.41, 5.74) is 4.41. The number of carbonyl (C=O) groups is 1. The molecule has 24 heavy (non-hydrogen) atoms. The van der Waals surface area contributed by atoms with Gasteiger partial charge in [0.25, 0.3) is 0 Å². The van der Waals surface area contributed by atoms with E-state index in [1.54, 1.807) is 11.8 Å². The maximum Gasteiger partial charge on any atom is 0.412 e. The molecule has 0 bridgehead atoms. The Morgan fingerprint density at radius 2 is 1.88 bits per heavy atom. The van der Waals surface area contributed by atoms with E-state index in [4.69, 9.17) is 4.74 Å². The second-order valence-electron chi connectivity index (χ2n) is 5.99. The van der Waals surface area contributed by atoms with Crippen molar-refractivity contribution in [3.63, 3.8) is 0 Å². The highest BCUT2D eigenvalue weighted by molar-refractivity contribution is 7.99. The van der Waals surface area contributed by atoms with Crippen LogP contribution >= 0.6 is 11.8 Å². The Balaban J connectivity index is 1.86. The van der Waals surface area contributed by atoms with Gasteiger partial charge in [0.15, 0.2) is 0 Å². The Kier molecular flexibility index (Phi) is 4.71. The van der Waals surface area contributed by atoms with Gasteiger partial charge in [-0.05, 0) is 56.0 Å². The zero-order chi connectivity index (χ0) is 17.3. The number of amides is 1. The third-order valence-electron chi connectivity index (χ3n) is 4.48. The van der Waals surface area contributed by atoms with Gasteiger partial charge in [-0.2, -0.15) is 0 Å². The van der Waals surface area contributed by atoms with E-state index in [1.807, 2.05) is 51.1 Å². The van der Waals surface area contributed by atoms with Crippen molar-refractivity contribution in [2.45, 2.75) is 38.2 Å². The number of rotatable bonds is 2. The number of ether oxygens (including phenoxy) is 1. The molecule has 1 aliphatic heterocycles. The molecule has 4 nitrogen and oxygen atoms in total. The summed E-state index contributed by atoms with van der Waals surface area (Å²) in [7, 11) is 0.